The van der Waals surface area contributed by atoms with Crippen LogP contribution in [0.1, 0.15) is 21.5 Å². The Balaban J connectivity index is 1.90. The molecule has 7 heteroatoms. The Morgan fingerprint density at radius 3 is 2.54 bits per heavy atom. The quantitative estimate of drug-likeness (QED) is 0.776. The third-order valence-corrected chi connectivity index (χ3v) is 3.59. The van der Waals surface area contributed by atoms with Gasteiger partial charge in [-0.1, -0.05) is 17.7 Å². The Morgan fingerprint density at radius 1 is 1.12 bits per heavy atom. The summed E-state index contributed by atoms with van der Waals surface area (Å²) in [4.78, 5) is 34.9. The normalized spacial score (nSPS) is 9.96. The van der Waals surface area contributed by atoms with Crippen LogP contribution in [0.15, 0.2) is 36.4 Å². The van der Waals surface area contributed by atoms with Crippen molar-refractivity contribution in [3.8, 4) is 11.5 Å². The Hall–Kier alpha value is -3.35. The molecule has 7 nitrogen and oxygen atoms in total. The highest BCUT2D eigenvalue weighted by atomic mass is 16.5. The molecule has 0 bridgehead atoms. The number of hydrogen-bond acceptors (Lipinski definition) is 5. The summed E-state index contributed by atoms with van der Waals surface area (Å²) < 4.78 is 10.3. The van der Waals surface area contributed by atoms with Crippen molar-refractivity contribution in [3.05, 3.63) is 53.1 Å². The number of carbonyl (C=O) groups excluding carboxylic acids is 3. The van der Waals surface area contributed by atoms with Crippen LogP contribution in [-0.2, 0) is 4.79 Å². The molecule has 0 saturated heterocycles. The minimum Gasteiger partial charge on any atom is -0.497 e. The summed E-state index contributed by atoms with van der Waals surface area (Å²) in [5.41, 5.74) is 2.82. The highest BCUT2D eigenvalue weighted by Crippen LogP contribution is 2.22. The maximum Gasteiger partial charge on any atom is 0.325 e. The number of ether oxygens (including phenoxy) is 2. The number of methoxy groups -OCH3 is 1. The number of hydrogen-bond donors (Lipinski definition) is 2. The molecule has 0 fully saturated rings. The lowest BCUT2D eigenvalue weighted by Crippen LogP contribution is -2.37. The molecular weight excluding hydrogens is 336 g/mol. The van der Waals surface area contributed by atoms with Gasteiger partial charge >= 0.3 is 6.03 Å². The molecule has 2 N–H and O–H groups in total. The van der Waals surface area contributed by atoms with Gasteiger partial charge in [0.2, 0.25) is 0 Å². The molecule has 0 atom stereocenters. The van der Waals surface area contributed by atoms with Crippen LogP contribution in [0.4, 0.5) is 10.5 Å². The molecule has 0 spiro atoms. The van der Waals surface area contributed by atoms with E-state index in [0.717, 1.165) is 11.1 Å². The van der Waals surface area contributed by atoms with Gasteiger partial charge in [-0.05, 0) is 43.7 Å². The van der Waals surface area contributed by atoms with Gasteiger partial charge in [-0.15, -0.1) is 0 Å². The Labute approximate surface area is 151 Å². The van der Waals surface area contributed by atoms with Crippen molar-refractivity contribution < 1.29 is 23.9 Å². The predicted molar refractivity (Wildman–Crippen MR) is 97.0 cm³/mol. The zero-order valence-electron chi connectivity index (χ0n) is 14.8. The molecule has 26 heavy (non-hydrogen) atoms. The summed E-state index contributed by atoms with van der Waals surface area (Å²) in [5.74, 6) is 0.0856. The average Bonchev–Trinajstić information content (AvgIpc) is 2.62. The van der Waals surface area contributed by atoms with Crippen LogP contribution < -0.4 is 20.1 Å². The maximum absolute atomic E-state index is 11.9. The van der Waals surface area contributed by atoms with Crippen molar-refractivity contribution in [2.75, 3.05) is 19.0 Å². The number of anilines is 1. The average molecular weight is 356 g/mol. The molecule has 0 aromatic heterocycles. The molecule has 0 aliphatic heterocycles. The zero-order chi connectivity index (χ0) is 19.1. The summed E-state index contributed by atoms with van der Waals surface area (Å²) in [7, 11) is 1.48. The van der Waals surface area contributed by atoms with Crippen molar-refractivity contribution in [2.24, 2.45) is 0 Å². The first-order valence-corrected chi connectivity index (χ1v) is 7.87. The number of imide groups is 1. The topological polar surface area (TPSA) is 93.7 Å². The molecule has 2 aromatic rings. The van der Waals surface area contributed by atoms with Gasteiger partial charge in [-0.2, -0.15) is 0 Å². The molecule has 136 valence electrons. The lowest BCUT2D eigenvalue weighted by molar-refractivity contribution is -0.121. The van der Waals surface area contributed by atoms with Crippen molar-refractivity contribution in [3.63, 3.8) is 0 Å². The van der Waals surface area contributed by atoms with Crippen molar-refractivity contribution in [1.29, 1.82) is 0 Å². The second-order valence-electron chi connectivity index (χ2n) is 5.63. The van der Waals surface area contributed by atoms with Crippen LogP contribution in [0, 0.1) is 13.8 Å². The minimum absolute atomic E-state index is 0.228. The van der Waals surface area contributed by atoms with Crippen molar-refractivity contribution in [2.45, 2.75) is 13.8 Å². The zero-order valence-corrected chi connectivity index (χ0v) is 14.8. The largest absolute Gasteiger partial charge is 0.497 e. The predicted octanol–water partition coefficient (Wildman–Crippen LogP) is 2.85. The summed E-state index contributed by atoms with van der Waals surface area (Å²) in [6.45, 7) is 3.40. The molecule has 0 aliphatic carbocycles. The summed E-state index contributed by atoms with van der Waals surface area (Å²) in [6, 6.07) is 9.50. The van der Waals surface area contributed by atoms with Gasteiger partial charge < -0.3 is 14.8 Å². The second kappa shape index (κ2) is 8.66. The van der Waals surface area contributed by atoms with Crippen LogP contribution in [0.3, 0.4) is 0 Å². The third kappa shape index (κ3) is 5.07. The highest BCUT2D eigenvalue weighted by molar-refractivity contribution is 6.02. The molecule has 0 heterocycles. The van der Waals surface area contributed by atoms with E-state index in [1.54, 1.807) is 12.1 Å². The van der Waals surface area contributed by atoms with E-state index in [1.165, 1.54) is 19.2 Å². The van der Waals surface area contributed by atoms with E-state index >= 15 is 0 Å². The fourth-order valence-corrected chi connectivity index (χ4v) is 2.29. The molecule has 0 saturated carbocycles. The number of benzene rings is 2. The lowest BCUT2D eigenvalue weighted by Gasteiger charge is -2.11. The molecule has 3 amide bonds. The monoisotopic (exact) mass is 356 g/mol. The summed E-state index contributed by atoms with van der Waals surface area (Å²) in [6.07, 6.45) is 0.600. The van der Waals surface area contributed by atoms with Crippen molar-refractivity contribution >= 4 is 23.9 Å². The van der Waals surface area contributed by atoms with E-state index < -0.39 is 18.5 Å². The number of aryl methyl sites for hydroxylation is 2. The number of amides is 3. The second-order valence-corrected chi connectivity index (χ2v) is 5.63. The summed E-state index contributed by atoms with van der Waals surface area (Å²) >= 11 is 0. The molecule has 2 rings (SSSR count). The van der Waals surface area contributed by atoms with Crippen LogP contribution in [-0.4, -0.2) is 31.9 Å². The number of rotatable bonds is 6. The fraction of sp³-hybridized carbons (Fsp3) is 0.211. The highest BCUT2D eigenvalue weighted by Gasteiger charge is 2.12. The molecule has 0 unspecified atom stereocenters. The molecule has 0 radical (unpaired) electrons. The first-order chi connectivity index (χ1) is 12.4. The summed E-state index contributed by atoms with van der Waals surface area (Å²) in [5, 5.41) is 4.78. The van der Waals surface area contributed by atoms with E-state index in [2.05, 4.69) is 10.6 Å². The van der Waals surface area contributed by atoms with Crippen LogP contribution >= 0.6 is 0 Å². The third-order valence-electron chi connectivity index (χ3n) is 3.59. The van der Waals surface area contributed by atoms with Gasteiger partial charge in [-0.25, -0.2) is 4.79 Å². The van der Waals surface area contributed by atoms with Crippen LogP contribution in [0.25, 0.3) is 0 Å². The SMILES string of the molecule is COc1ccc(OCC(=O)NC(=O)Nc2ccc(C)cc2C)c(C=O)c1. The van der Waals surface area contributed by atoms with Gasteiger partial charge in [0, 0.05) is 5.69 Å². The Bertz CT molecular complexity index is 833. The fourth-order valence-electron chi connectivity index (χ4n) is 2.29. The number of nitrogens with one attached hydrogen (secondary N) is 2. The standard InChI is InChI=1S/C19H20N2O5/c1-12-4-6-16(13(2)8-12)20-19(24)21-18(23)11-26-17-7-5-15(25-3)9-14(17)10-22/h4-10H,11H2,1-3H3,(H2,20,21,23,24). The first kappa shape index (κ1) is 19.0. The molecular formula is C19H20N2O5. The van der Waals surface area contributed by atoms with Gasteiger partial charge in [0.05, 0.1) is 12.7 Å². The van der Waals surface area contributed by atoms with Gasteiger partial charge in [0.1, 0.15) is 11.5 Å². The Kier molecular flexibility index (Phi) is 6.32. The Morgan fingerprint density at radius 2 is 1.88 bits per heavy atom. The van der Waals surface area contributed by atoms with Gasteiger partial charge in [0.15, 0.2) is 12.9 Å². The molecule has 2 aromatic carbocycles. The van der Waals surface area contributed by atoms with Crippen LogP contribution in [0.2, 0.25) is 0 Å². The van der Waals surface area contributed by atoms with E-state index in [-0.39, 0.29) is 11.3 Å². The minimum atomic E-state index is -0.657. The number of carbonyl (C=O) groups is 3. The van der Waals surface area contributed by atoms with E-state index in [1.807, 2.05) is 26.0 Å². The maximum atomic E-state index is 11.9. The smallest absolute Gasteiger partial charge is 0.325 e. The first-order valence-electron chi connectivity index (χ1n) is 7.87. The van der Waals surface area contributed by atoms with Crippen molar-refractivity contribution in [1.82, 2.24) is 5.32 Å². The number of urea groups is 1. The number of aldehydes is 1. The van der Waals surface area contributed by atoms with Gasteiger partial charge in [-0.3, -0.25) is 14.9 Å². The van der Waals surface area contributed by atoms with E-state index in [0.29, 0.717) is 17.7 Å². The van der Waals surface area contributed by atoms with Gasteiger partial charge in [0.25, 0.3) is 5.91 Å². The lowest BCUT2D eigenvalue weighted by atomic mass is 10.1. The van der Waals surface area contributed by atoms with Crippen LogP contribution in [0.5, 0.6) is 11.5 Å². The van der Waals surface area contributed by atoms with E-state index in [4.69, 9.17) is 9.47 Å². The molecule has 0 aliphatic rings. The van der Waals surface area contributed by atoms with E-state index in [9.17, 15) is 14.4 Å².